The number of likely N-dealkylation sites (N-methyl/N-ethyl adjacent to an activating group) is 1. The molecule has 1 rings (SSSR count). The highest BCUT2D eigenvalue weighted by Crippen LogP contribution is 2.16. The molecule has 1 aromatic carbocycles. The summed E-state index contributed by atoms with van der Waals surface area (Å²) < 4.78 is 12.8. The van der Waals surface area contributed by atoms with Crippen molar-refractivity contribution in [3.8, 4) is 0 Å². The van der Waals surface area contributed by atoms with Gasteiger partial charge in [0.2, 0.25) is 0 Å². The van der Waals surface area contributed by atoms with E-state index in [2.05, 4.69) is 0 Å². The summed E-state index contributed by atoms with van der Waals surface area (Å²) in [5.74, 6) is -0.373. The smallest absolute Gasteiger partial charge is 0.141 e. The van der Waals surface area contributed by atoms with Crippen LogP contribution < -0.4 is 5.73 Å². The molecule has 0 aliphatic rings. The first-order valence-corrected chi connectivity index (χ1v) is 4.84. The highest BCUT2D eigenvalue weighted by atomic mass is 35.5. The summed E-state index contributed by atoms with van der Waals surface area (Å²) in [4.78, 5) is 1.98. The van der Waals surface area contributed by atoms with E-state index >= 15 is 0 Å². The quantitative estimate of drug-likeness (QED) is 0.779. The van der Waals surface area contributed by atoms with Gasteiger partial charge in [0.1, 0.15) is 5.82 Å². The molecular formula is C10H14ClFN2. The number of hydrogen-bond acceptors (Lipinski definition) is 2. The van der Waals surface area contributed by atoms with Crippen molar-refractivity contribution in [3.05, 3.63) is 34.6 Å². The lowest BCUT2D eigenvalue weighted by atomic mass is 10.1. The summed E-state index contributed by atoms with van der Waals surface area (Å²) in [5.41, 5.74) is 6.45. The SMILES string of the molecule is CN(CN)CCc1ccc(F)c(Cl)c1. The average Bonchev–Trinajstić information content (AvgIpc) is 2.19. The molecule has 0 spiro atoms. The van der Waals surface area contributed by atoms with Crippen LogP contribution in [0.3, 0.4) is 0 Å². The third-order valence-corrected chi connectivity index (χ3v) is 2.37. The largest absolute Gasteiger partial charge is 0.318 e. The third-order valence-electron chi connectivity index (χ3n) is 2.08. The first-order chi connectivity index (χ1) is 6.63. The molecule has 0 bridgehead atoms. The Labute approximate surface area is 88.5 Å². The predicted molar refractivity (Wildman–Crippen MR) is 56.8 cm³/mol. The van der Waals surface area contributed by atoms with Gasteiger partial charge in [-0.05, 0) is 31.2 Å². The van der Waals surface area contributed by atoms with Gasteiger partial charge in [-0.1, -0.05) is 17.7 Å². The Morgan fingerprint density at radius 3 is 2.79 bits per heavy atom. The van der Waals surface area contributed by atoms with Gasteiger partial charge >= 0.3 is 0 Å². The van der Waals surface area contributed by atoms with Crippen LogP contribution in [0.2, 0.25) is 5.02 Å². The monoisotopic (exact) mass is 216 g/mol. The molecule has 0 aliphatic carbocycles. The molecule has 4 heteroatoms. The number of nitrogens with two attached hydrogens (primary N) is 1. The van der Waals surface area contributed by atoms with Crippen LogP contribution in [0.25, 0.3) is 0 Å². The van der Waals surface area contributed by atoms with Gasteiger partial charge in [-0.3, -0.25) is 4.90 Å². The minimum absolute atomic E-state index is 0.179. The fourth-order valence-electron chi connectivity index (χ4n) is 1.11. The molecule has 2 N–H and O–H groups in total. The third kappa shape index (κ3) is 3.25. The van der Waals surface area contributed by atoms with Crippen molar-refractivity contribution < 1.29 is 4.39 Å². The Kier molecular flexibility index (Phi) is 4.32. The highest BCUT2D eigenvalue weighted by Gasteiger charge is 2.01. The van der Waals surface area contributed by atoms with Crippen LogP contribution in [0.4, 0.5) is 4.39 Å². The van der Waals surface area contributed by atoms with Crippen molar-refractivity contribution in [2.24, 2.45) is 5.73 Å². The van der Waals surface area contributed by atoms with E-state index in [9.17, 15) is 4.39 Å². The summed E-state index contributed by atoms with van der Waals surface area (Å²) in [6.07, 6.45) is 0.827. The number of halogens is 2. The summed E-state index contributed by atoms with van der Waals surface area (Å²) in [6, 6.07) is 4.78. The van der Waals surface area contributed by atoms with Crippen LogP contribution in [0.5, 0.6) is 0 Å². The zero-order chi connectivity index (χ0) is 10.6. The fraction of sp³-hybridized carbons (Fsp3) is 0.400. The highest BCUT2D eigenvalue weighted by molar-refractivity contribution is 6.30. The molecule has 0 heterocycles. The van der Waals surface area contributed by atoms with Crippen LogP contribution in [-0.4, -0.2) is 25.2 Å². The van der Waals surface area contributed by atoms with Crippen LogP contribution in [0.15, 0.2) is 18.2 Å². The molecule has 2 nitrogen and oxygen atoms in total. The van der Waals surface area contributed by atoms with Gasteiger partial charge in [0.15, 0.2) is 0 Å². The lowest BCUT2D eigenvalue weighted by Crippen LogP contribution is -2.27. The van der Waals surface area contributed by atoms with E-state index in [4.69, 9.17) is 17.3 Å². The second-order valence-electron chi connectivity index (χ2n) is 3.26. The van der Waals surface area contributed by atoms with Gasteiger partial charge in [-0.15, -0.1) is 0 Å². The van der Waals surface area contributed by atoms with Gasteiger partial charge in [0.25, 0.3) is 0 Å². The second kappa shape index (κ2) is 5.29. The molecule has 0 aliphatic heterocycles. The maximum Gasteiger partial charge on any atom is 0.141 e. The van der Waals surface area contributed by atoms with E-state index in [1.54, 1.807) is 12.1 Å². The lowest BCUT2D eigenvalue weighted by molar-refractivity contribution is 0.349. The van der Waals surface area contributed by atoms with Crippen LogP contribution in [0, 0.1) is 5.82 Å². The van der Waals surface area contributed by atoms with E-state index in [1.165, 1.54) is 6.07 Å². The molecule has 0 radical (unpaired) electrons. The molecular weight excluding hydrogens is 203 g/mol. The molecule has 14 heavy (non-hydrogen) atoms. The molecule has 0 saturated carbocycles. The van der Waals surface area contributed by atoms with E-state index in [-0.39, 0.29) is 10.8 Å². The topological polar surface area (TPSA) is 29.3 Å². The number of benzene rings is 1. The zero-order valence-corrected chi connectivity index (χ0v) is 8.89. The first-order valence-electron chi connectivity index (χ1n) is 4.46. The van der Waals surface area contributed by atoms with Crippen molar-refractivity contribution in [1.29, 1.82) is 0 Å². The Bertz CT molecular complexity index is 304. The van der Waals surface area contributed by atoms with Crippen LogP contribution in [0.1, 0.15) is 5.56 Å². The minimum Gasteiger partial charge on any atom is -0.318 e. The summed E-state index contributed by atoms with van der Waals surface area (Å²) in [5, 5.41) is 0.179. The van der Waals surface area contributed by atoms with Crippen molar-refractivity contribution in [2.45, 2.75) is 6.42 Å². The zero-order valence-electron chi connectivity index (χ0n) is 8.13. The van der Waals surface area contributed by atoms with Gasteiger partial charge in [-0.2, -0.15) is 0 Å². The molecule has 0 fully saturated rings. The summed E-state index contributed by atoms with van der Waals surface area (Å²) in [7, 11) is 1.94. The first kappa shape index (κ1) is 11.4. The van der Waals surface area contributed by atoms with Crippen molar-refractivity contribution >= 4 is 11.6 Å². The standard InChI is InChI=1S/C10H14ClFN2/c1-14(7-13)5-4-8-2-3-10(12)9(11)6-8/h2-3,6H,4-5,7,13H2,1H3. The van der Waals surface area contributed by atoms with Crippen molar-refractivity contribution in [2.75, 3.05) is 20.3 Å². The molecule has 0 saturated heterocycles. The van der Waals surface area contributed by atoms with E-state index in [0.717, 1.165) is 18.5 Å². The Morgan fingerprint density at radius 2 is 2.21 bits per heavy atom. The van der Waals surface area contributed by atoms with E-state index in [1.807, 2.05) is 11.9 Å². The Hall–Kier alpha value is -0.640. The normalized spacial score (nSPS) is 10.9. The van der Waals surface area contributed by atoms with Gasteiger partial charge in [-0.25, -0.2) is 4.39 Å². The van der Waals surface area contributed by atoms with Crippen LogP contribution >= 0.6 is 11.6 Å². The fourth-order valence-corrected chi connectivity index (χ4v) is 1.31. The lowest BCUT2D eigenvalue weighted by Gasteiger charge is -2.13. The minimum atomic E-state index is -0.373. The molecule has 78 valence electrons. The van der Waals surface area contributed by atoms with Crippen molar-refractivity contribution in [1.82, 2.24) is 4.90 Å². The number of hydrogen-bond donors (Lipinski definition) is 1. The molecule has 0 amide bonds. The predicted octanol–water partition coefficient (Wildman–Crippen LogP) is 1.87. The Morgan fingerprint density at radius 1 is 1.50 bits per heavy atom. The number of rotatable bonds is 4. The summed E-state index contributed by atoms with van der Waals surface area (Å²) in [6.45, 7) is 1.37. The molecule has 1 aromatic rings. The molecule has 0 atom stereocenters. The van der Waals surface area contributed by atoms with E-state index < -0.39 is 0 Å². The van der Waals surface area contributed by atoms with Crippen LogP contribution in [-0.2, 0) is 6.42 Å². The van der Waals surface area contributed by atoms with Gasteiger partial charge < -0.3 is 5.73 Å². The van der Waals surface area contributed by atoms with Gasteiger partial charge in [0.05, 0.1) is 5.02 Å². The average molecular weight is 217 g/mol. The van der Waals surface area contributed by atoms with Gasteiger partial charge in [0, 0.05) is 13.2 Å². The van der Waals surface area contributed by atoms with Crippen molar-refractivity contribution in [3.63, 3.8) is 0 Å². The maximum atomic E-state index is 12.8. The number of nitrogens with zero attached hydrogens (tertiary/aromatic N) is 1. The summed E-state index contributed by atoms with van der Waals surface area (Å²) >= 11 is 5.65. The second-order valence-corrected chi connectivity index (χ2v) is 3.67. The maximum absolute atomic E-state index is 12.8. The molecule has 0 aromatic heterocycles. The van der Waals surface area contributed by atoms with E-state index in [0.29, 0.717) is 6.67 Å². The molecule has 0 unspecified atom stereocenters. The Balaban J connectivity index is 2.55.